The number of benzene rings is 1. The van der Waals surface area contributed by atoms with Gasteiger partial charge in [0.2, 0.25) is 0 Å². The monoisotopic (exact) mass is 268 g/mol. The van der Waals surface area contributed by atoms with Gasteiger partial charge in [-0.05, 0) is 48.4 Å². The second kappa shape index (κ2) is 5.92. The van der Waals surface area contributed by atoms with Crippen molar-refractivity contribution in [2.45, 2.75) is 45.1 Å². The molecule has 2 heteroatoms. The molecule has 0 aliphatic heterocycles. The molecule has 20 heavy (non-hydrogen) atoms. The van der Waals surface area contributed by atoms with Gasteiger partial charge in [0, 0.05) is 17.6 Å². The van der Waals surface area contributed by atoms with E-state index in [4.69, 9.17) is 5.73 Å². The molecular weight excluding hydrogens is 244 g/mol. The molecule has 1 aromatic carbocycles. The minimum absolute atomic E-state index is 0.175. The lowest BCUT2D eigenvalue weighted by Gasteiger charge is -2.32. The molecule has 3 unspecified atom stereocenters. The lowest BCUT2D eigenvalue weighted by atomic mass is 9.75. The van der Waals surface area contributed by atoms with Gasteiger partial charge >= 0.3 is 0 Å². The molecule has 3 atom stereocenters. The van der Waals surface area contributed by atoms with Crippen molar-refractivity contribution in [3.8, 4) is 0 Å². The van der Waals surface area contributed by atoms with Gasteiger partial charge < -0.3 is 5.73 Å². The first-order valence-corrected chi connectivity index (χ1v) is 7.88. The largest absolute Gasteiger partial charge is 0.324 e. The fraction of sp³-hybridized carbons (Fsp3) is 0.500. The Morgan fingerprint density at radius 1 is 1.30 bits per heavy atom. The average Bonchev–Trinajstić information content (AvgIpc) is 2.53. The first kappa shape index (κ1) is 13.6. The SMILES string of the molecule is CCC1CCCC(C(N)c2ccc3ncccc3c2)C1. The molecule has 2 nitrogen and oxygen atoms in total. The van der Waals surface area contributed by atoms with E-state index >= 15 is 0 Å². The van der Waals surface area contributed by atoms with E-state index in [9.17, 15) is 0 Å². The van der Waals surface area contributed by atoms with Gasteiger partial charge in [0.15, 0.2) is 0 Å². The summed E-state index contributed by atoms with van der Waals surface area (Å²) in [4.78, 5) is 4.38. The molecule has 2 N–H and O–H groups in total. The van der Waals surface area contributed by atoms with Crippen molar-refractivity contribution in [1.29, 1.82) is 0 Å². The number of hydrogen-bond donors (Lipinski definition) is 1. The molecule has 0 bridgehead atoms. The Balaban J connectivity index is 1.82. The van der Waals surface area contributed by atoms with Crippen LogP contribution in [-0.2, 0) is 0 Å². The highest BCUT2D eigenvalue weighted by Crippen LogP contribution is 2.37. The van der Waals surface area contributed by atoms with Crippen LogP contribution in [0.2, 0.25) is 0 Å². The van der Waals surface area contributed by atoms with Gasteiger partial charge in [-0.1, -0.05) is 38.3 Å². The van der Waals surface area contributed by atoms with Gasteiger partial charge in [-0.25, -0.2) is 0 Å². The minimum atomic E-state index is 0.175. The maximum atomic E-state index is 6.56. The summed E-state index contributed by atoms with van der Waals surface area (Å²) in [6.45, 7) is 2.31. The van der Waals surface area contributed by atoms with Crippen molar-refractivity contribution in [3.63, 3.8) is 0 Å². The lowest BCUT2D eigenvalue weighted by Crippen LogP contribution is -2.26. The van der Waals surface area contributed by atoms with Crippen LogP contribution in [-0.4, -0.2) is 4.98 Å². The number of hydrogen-bond acceptors (Lipinski definition) is 2. The number of nitrogens with two attached hydrogens (primary N) is 1. The van der Waals surface area contributed by atoms with Crippen LogP contribution in [0.3, 0.4) is 0 Å². The summed E-state index contributed by atoms with van der Waals surface area (Å²) in [6.07, 6.45) is 8.44. The molecule has 106 valence electrons. The summed E-state index contributed by atoms with van der Waals surface area (Å²) in [5.41, 5.74) is 8.88. The van der Waals surface area contributed by atoms with E-state index in [1.54, 1.807) is 0 Å². The van der Waals surface area contributed by atoms with Crippen molar-refractivity contribution >= 4 is 10.9 Å². The van der Waals surface area contributed by atoms with E-state index in [0.29, 0.717) is 5.92 Å². The van der Waals surface area contributed by atoms with Crippen LogP contribution in [0.4, 0.5) is 0 Å². The molecule has 1 saturated carbocycles. The molecule has 1 aromatic heterocycles. The zero-order chi connectivity index (χ0) is 13.9. The fourth-order valence-electron chi connectivity index (χ4n) is 3.60. The lowest BCUT2D eigenvalue weighted by molar-refractivity contribution is 0.230. The van der Waals surface area contributed by atoms with Gasteiger partial charge in [0.25, 0.3) is 0 Å². The molecule has 1 aliphatic carbocycles. The third-order valence-corrected chi connectivity index (χ3v) is 4.92. The Morgan fingerprint density at radius 3 is 3.05 bits per heavy atom. The molecule has 0 amide bonds. The van der Waals surface area contributed by atoms with Crippen molar-refractivity contribution in [1.82, 2.24) is 4.98 Å². The molecule has 0 spiro atoms. The number of pyridine rings is 1. The van der Waals surface area contributed by atoms with Gasteiger partial charge in [-0.3, -0.25) is 4.98 Å². The Bertz CT molecular complexity index is 578. The first-order chi connectivity index (χ1) is 9.78. The normalized spacial score (nSPS) is 24.7. The third kappa shape index (κ3) is 2.71. The number of rotatable bonds is 3. The van der Waals surface area contributed by atoms with E-state index in [-0.39, 0.29) is 6.04 Å². The molecule has 1 aliphatic rings. The first-order valence-electron chi connectivity index (χ1n) is 7.88. The molecule has 1 heterocycles. The number of fused-ring (bicyclic) bond motifs is 1. The van der Waals surface area contributed by atoms with Crippen LogP contribution < -0.4 is 5.73 Å². The maximum absolute atomic E-state index is 6.56. The number of nitrogens with zero attached hydrogens (tertiary/aromatic N) is 1. The third-order valence-electron chi connectivity index (χ3n) is 4.92. The van der Waals surface area contributed by atoms with Gasteiger partial charge in [0.1, 0.15) is 0 Å². The smallest absolute Gasteiger partial charge is 0.0702 e. The van der Waals surface area contributed by atoms with Crippen molar-refractivity contribution in [2.24, 2.45) is 17.6 Å². The summed E-state index contributed by atoms with van der Waals surface area (Å²) in [5.74, 6) is 1.52. The number of aromatic nitrogens is 1. The highest BCUT2D eigenvalue weighted by Gasteiger charge is 2.26. The maximum Gasteiger partial charge on any atom is 0.0702 e. The summed E-state index contributed by atoms with van der Waals surface area (Å²) < 4.78 is 0. The fourth-order valence-corrected chi connectivity index (χ4v) is 3.60. The molecule has 0 saturated heterocycles. The summed E-state index contributed by atoms with van der Waals surface area (Å²) in [5, 5.41) is 1.20. The van der Waals surface area contributed by atoms with E-state index in [1.807, 2.05) is 12.3 Å². The van der Waals surface area contributed by atoms with E-state index < -0.39 is 0 Å². The quantitative estimate of drug-likeness (QED) is 0.893. The van der Waals surface area contributed by atoms with E-state index in [0.717, 1.165) is 11.4 Å². The summed E-state index contributed by atoms with van der Waals surface area (Å²) in [6, 6.07) is 10.8. The standard InChI is InChI=1S/C18H24N2/c1-2-13-5-3-6-15(11-13)18(19)16-8-9-17-14(12-16)7-4-10-20-17/h4,7-10,12-13,15,18H,2-3,5-6,11,19H2,1H3. The summed E-state index contributed by atoms with van der Waals surface area (Å²) >= 11 is 0. The predicted molar refractivity (Wildman–Crippen MR) is 84.4 cm³/mol. The van der Waals surface area contributed by atoms with E-state index in [2.05, 4.69) is 36.2 Å². The Kier molecular flexibility index (Phi) is 4.02. The predicted octanol–water partition coefficient (Wildman–Crippen LogP) is 4.45. The van der Waals surface area contributed by atoms with Gasteiger partial charge in [-0.15, -0.1) is 0 Å². The molecule has 0 radical (unpaired) electrons. The Labute approximate surface area is 121 Å². The Morgan fingerprint density at radius 2 is 2.20 bits per heavy atom. The van der Waals surface area contributed by atoms with Crippen LogP contribution in [0.15, 0.2) is 36.5 Å². The van der Waals surface area contributed by atoms with Crippen LogP contribution in [0.1, 0.15) is 50.6 Å². The van der Waals surface area contributed by atoms with E-state index in [1.165, 1.54) is 43.1 Å². The van der Waals surface area contributed by atoms with Crippen LogP contribution in [0, 0.1) is 11.8 Å². The second-order valence-electron chi connectivity index (χ2n) is 6.18. The highest BCUT2D eigenvalue weighted by molar-refractivity contribution is 5.79. The molecule has 3 rings (SSSR count). The van der Waals surface area contributed by atoms with Crippen molar-refractivity contribution < 1.29 is 0 Å². The zero-order valence-electron chi connectivity index (χ0n) is 12.3. The molecule has 2 aromatic rings. The van der Waals surface area contributed by atoms with Crippen LogP contribution in [0.25, 0.3) is 10.9 Å². The average molecular weight is 268 g/mol. The zero-order valence-corrected chi connectivity index (χ0v) is 12.3. The minimum Gasteiger partial charge on any atom is -0.324 e. The van der Waals surface area contributed by atoms with Crippen LogP contribution >= 0.6 is 0 Å². The van der Waals surface area contributed by atoms with Crippen molar-refractivity contribution in [3.05, 3.63) is 42.1 Å². The molecule has 1 fully saturated rings. The second-order valence-corrected chi connectivity index (χ2v) is 6.18. The van der Waals surface area contributed by atoms with Gasteiger partial charge in [-0.2, -0.15) is 0 Å². The molecular formula is C18H24N2. The van der Waals surface area contributed by atoms with Crippen molar-refractivity contribution in [2.75, 3.05) is 0 Å². The highest BCUT2D eigenvalue weighted by atomic mass is 14.7. The topological polar surface area (TPSA) is 38.9 Å². The van der Waals surface area contributed by atoms with Gasteiger partial charge in [0.05, 0.1) is 5.52 Å². The summed E-state index contributed by atoms with van der Waals surface area (Å²) in [7, 11) is 0. The Hall–Kier alpha value is -1.41. The van der Waals surface area contributed by atoms with Crippen LogP contribution in [0.5, 0.6) is 0 Å².